The lowest BCUT2D eigenvalue weighted by atomic mass is 9.59. The highest BCUT2D eigenvalue weighted by Crippen LogP contribution is 2.43. The highest BCUT2D eigenvalue weighted by Gasteiger charge is 2.68. The molecule has 0 N–H and O–H groups in total. The number of nitrogens with zero attached hydrogens (tertiary/aromatic N) is 3. The SMILES string of the molecule is COC(C)[n+]1ccn(C)c1.N#C[B-](F)(F)C(F)(F)C(F)(F)F. The molecule has 0 saturated carbocycles. The molecule has 0 bridgehead atoms. The van der Waals surface area contributed by atoms with Gasteiger partial charge in [-0.3, -0.25) is 0 Å². The average Bonchev–Trinajstić information content (AvgIpc) is 2.83. The van der Waals surface area contributed by atoms with E-state index in [1.165, 1.54) is 0 Å². The fourth-order valence-electron chi connectivity index (χ4n) is 1.09. The molecule has 1 heterocycles. The first kappa shape index (κ1) is 20.2. The van der Waals surface area contributed by atoms with Crippen LogP contribution >= 0.6 is 0 Å². The maximum Gasteiger partial charge on any atom is 0.484 e. The normalized spacial score (nSPS) is 13.9. The predicted octanol–water partition coefficient (Wildman–Crippen LogP) is 2.64. The van der Waals surface area contributed by atoms with Gasteiger partial charge in [0.05, 0.1) is 7.05 Å². The maximum atomic E-state index is 11.7. The molecule has 126 valence electrons. The number of hydrogen-bond acceptors (Lipinski definition) is 2. The van der Waals surface area contributed by atoms with Crippen molar-refractivity contribution >= 4 is 6.70 Å². The monoisotopic (exact) mass is 335 g/mol. The van der Waals surface area contributed by atoms with Crippen molar-refractivity contribution in [2.24, 2.45) is 7.05 Å². The van der Waals surface area contributed by atoms with Gasteiger partial charge in [0.2, 0.25) is 6.33 Å². The zero-order chi connectivity index (χ0) is 17.8. The number of methoxy groups -OCH3 is 1. The van der Waals surface area contributed by atoms with Gasteiger partial charge < -0.3 is 13.4 Å². The van der Waals surface area contributed by atoms with Crippen LogP contribution in [-0.4, -0.2) is 30.4 Å². The van der Waals surface area contributed by atoms with E-state index in [0.717, 1.165) is 0 Å². The molecule has 0 saturated heterocycles. The zero-order valence-corrected chi connectivity index (χ0v) is 11.8. The molecule has 0 aromatic carbocycles. The molecule has 4 nitrogen and oxygen atoms in total. The molecule has 1 unspecified atom stereocenters. The van der Waals surface area contributed by atoms with Crippen molar-refractivity contribution < 1.29 is 39.9 Å². The van der Waals surface area contributed by atoms with Gasteiger partial charge in [0, 0.05) is 14.0 Å². The van der Waals surface area contributed by atoms with E-state index in [9.17, 15) is 30.6 Å². The largest absolute Gasteiger partial charge is 0.484 e. The topological polar surface area (TPSA) is 41.8 Å². The molecular formula is C10H13BF7N3O. The van der Waals surface area contributed by atoms with Crippen LogP contribution in [0.1, 0.15) is 13.2 Å². The summed E-state index contributed by atoms with van der Waals surface area (Å²) in [5.74, 6) is -6.60. The standard InChI is InChI=1S/C7H13N2O.C3BF7N/c1-7(10-3)9-5-4-8(2)6-9;5-2(6,3(7,8)9)4(10,11)1-12/h4-7H,1-3H3;/q+1;-1. The number of nitriles is 1. The summed E-state index contributed by atoms with van der Waals surface area (Å²) >= 11 is 0. The van der Waals surface area contributed by atoms with Gasteiger partial charge in [-0.2, -0.15) is 13.2 Å². The molecule has 0 amide bonds. The minimum Gasteiger partial charge on any atom is -0.461 e. The third-order valence-corrected chi connectivity index (χ3v) is 2.55. The Morgan fingerprint density at radius 3 is 2.00 bits per heavy atom. The van der Waals surface area contributed by atoms with E-state index in [1.807, 2.05) is 41.8 Å². The van der Waals surface area contributed by atoms with Crippen LogP contribution in [0.4, 0.5) is 30.6 Å². The van der Waals surface area contributed by atoms with Gasteiger partial charge in [0.15, 0.2) is 6.23 Å². The number of hydrogen-bond donors (Lipinski definition) is 0. The maximum absolute atomic E-state index is 11.7. The highest BCUT2D eigenvalue weighted by molar-refractivity contribution is 6.76. The lowest BCUT2D eigenvalue weighted by Gasteiger charge is -2.29. The Morgan fingerprint density at radius 2 is 1.77 bits per heavy atom. The summed E-state index contributed by atoms with van der Waals surface area (Å²) in [6.45, 7) is -4.39. The van der Waals surface area contributed by atoms with E-state index in [4.69, 9.17) is 10.00 Å². The average molecular weight is 335 g/mol. The molecule has 0 aliphatic rings. The molecule has 0 spiro atoms. The number of imidazole rings is 1. The molecule has 1 rings (SSSR count). The van der Waals surface area contributed by atoms with Gasteiger partial charge in [-0.05, 0) is 0 Å². The van der Waals surface area contributed by atoms with Gasteiger partial charge >= 0.3 is 12.9 Å². The lowest BCUT2D eigenvalue weighted by Crippen LogP contribution is -2.55. The summed E-state index contributed by atoms with van der Waals surface area (Å²) in [6.07, 6.45) is -0.328. The van der Waals surface area contributed by atoms with Crippen LogP contribution in [0.15, 0.2) is 18.7 Å². The molecule has 22 heavy (non-hydrogen) atoms. The molecule has 0 aliphatic heterocycles. The summed E-state index contributed by atoms with van der Waals surface area (Å²) in [6, 6.07) is 0. The Balaban J connectivity index is 0.000000406. The van der Waals surface area contributed by atoms with E-state index in [2.05, 4.69) is 0 Å². The van der Waals surface area contributed by atoms with Gasteiger partial charge in [-0.25, -0.2) is 23.2 Å². The molecular weight excluding hydrogens is 322 g/mol. The summed E-state index contributed by atoms with van der Waals surface area (Å²) in [7, 11) is 3.68. The molecule has 0 aliphatic carbocycles. The summed E-state index contributed by atoms with van der Waals surface area (Å²) in [5, 5.41) is 7.34. The smallest absolute Gasteiger partial charge is 0.461 e. The van der Waals surface area contributed by atoms with Crippen molar-refractivity contribution in [3.8, 4) is 5.97 Å². The summed E-state index contributed by atoms with van der Waals surface area (Å²) < 4.78 is 89.1. The van der Waals surface area contributed by atoms with Crippen LogP contribution in [0.5, 0.6) is 0 Å². The number of halogens is 7. The van der Waals surface area contributed by atoms with Crippen LogP contribution in [0.3, 0.4) is 0 Å². The van der Waals surface area contributed by atoms with E-state index >= 15 is 0 Å². The van der Waals surface area contributed by atoms with Gasteiger partial charge in [-0.15, -0.1) is 0 Å². The Bertz CT molecular complexity index is 523. The van der Waals surface area contributed by atoms with Crippen molar-refractivity contribution in [2.45, 2.75) is 25.1 Å². The van der Waals surface area contributed by atoms with Crippen LogP contribution in [0.2, 0.25) is 0 Å². The van der Waals surface area contributed by atoms with Crippen molar-refractivity contribution in [3.63, 3.8) is 0 Å². The second kappa shape index (κ2) is 7.00. The van der Waals surface area contributed by atoms with Gasteiger partial charge in [0.25, 0.3) is 5.82 Å². The van der Waals surface area contributed by atoms with Crippen LogP contribution in [0.25, 0.3) is 0 Å². The number of aromatic nitrogens is 2. The van der Waals surface area contributed by atoms with Crippen LogP contribution in [0, 0.1) is 11.2 Å². The van der Waals surface area contributed by atoms with E-state index in [0.29, 0.717) is 0 Å². The molecule has 1 atom stereocenters. The van der Waals surface area contributed by atoms with Crippen molar-refractivity contribution in [1.82, 2.24) is 4.57 Å². The van der Waals surface area contributed by atoms with E-state index in [-0.39, 0.29) is 12.2 Å². The van der Waals surface area contributed by atoms with Crippen molar-refractivity contribution in [3.05, 3.63) is 18.7 Å². The van der Waals surface area contributed by atoms with Crippen molar-refractivity contribution in [1.29, 1.82) is 5.26 Å². The number of rotatable bonds is 3. The Kier molecular flexibility index (Phi) is 6.44. The quantitative estimate of drug-likeness (QED) is 0.484. The molecule has 12 heteroatoms. The first-order valence-corrected chi connectivity index (χ1v) is 5.73. The fourth-order valence-corrected chi connectivity index (χ4v) is 1.09. The fraction of sp³-hybridized carbons (Fsp3) is 0.600. The van der Waals surface area contributed by atoms with Crippen LogP contribution in [-0.2, 0) is 11.8 Å². The predicted molar refractivity (Wildman–Crippen MR) is 61.9 cm³/mol. The van der Waals surface area contributed by atoms with Crippen LogP contribution < -0.4 is 4.57 Å². The Morgan fingerprint density at radius 1 is 1.27 bits per heavy atom. The first-order chi connectivity index (χ1) is 9.80. The van der Waals surface area contributed by atoms with E-state index in [1.54, 1.807) is 7.11 Å². The first-order valence-electron chi connectivity index (χ1n) is 5.73. The lowest BCUT2D eigenvalue weighted by molar-refractivity contribution is -0.756. The molecule has 0 radical (unpaired) electrons. The highest BCUT2D eigenvalue weighted by atomic mass is 19.4. The second-order valence-corrected chi connectivity index (χ2v) is 4.27. The summed E-state index contributed by atoms with van der Waals surface area (Å²) in [5.41, 5.74) is 0. The Hall–Kier alpha value is -1.77. The third kappa shape index (κ3) is 4.62. The minimum absolute atomic E-state index is 0.126. The Labute approximate surface area is 121 Å². The minimum atomic E-state index is -6.40. The number of ether oxygens (including phenoxy) is 1. The number of alkyl halides is 5. The molecule has 1 aromatic rings. The van der Waals surface area contributed by atoms with E-state index < -0.39 is 18.7 Å². The second-order valence-electron chi connectivity index (χ2n) is 4.27. The van der Waals surface area contributed by atoms with Gasteiger partial charge in [0.1, 0.15) is 12.4 Å². The third-order valence-electron chi connectivity index (χ3n) is 2.55. The summed E-state index contributed by atoms with van der Waals surface area (Å²) in [4.78, 5) is 0. The molecule has 1 aromatic heterocycles. The number of aryl methyl sites for hydroxylation is 1. The van der Waals surface area contributed by atoms with Gasteiger partial charge in [-0.1, -0.05) is 5.97 Å². The zero-order valence-electron chi connectivity index (χ0n) is 11.8. The van der Waals surface area contributed by atoms with Crippen molar-refractivity contribution in [2.75, 3.05) is 7.11 Å². The molecule has 0 fully saturated rings.